The van der Waals surface area contributed by atoms with Crippen LogP contribution in [0.4, 0.5) is 11.4 Å². The van der Waals surface area contributed by atoms with E-state index < -0.39 is 0 Å². The minimum Gasteiger partial charge on any atom is -0.497 e. The normalized spacial score (nSPS) is 20.0. The maximum atomic E-state index is 13.1. The van der Waals surface area contributed by atoms with Gasteiger partial charge < -0.3 is 19.3 Å². The highest BCUT2D eigenvalue weighted by Gasteiger charge is 2.46. The molecule has 2 aliphatic rings. The number of quaternary nitrogens is 1. The van der Waals surface area contributed by atoms with E-state index in [1.807, 2.05) is 19.1 Å². The molecule has 2 amide bonds. The van der Waals surface area contributed by atoms with Gasteiger partial charge in [0.2, 0.25) is 5.91 Å². The molecule has 2 fully saturated rings. The fourth-order valence-corrected chi connectivity index (χ4v) is 4.27. The molecular weight excluding hydrogens is 382 g/mol. The molecule has 7 heteroatoms. The van der Waals surface area contributed by atoms with Crippen LogP contribution >= 0.6 is 0 Å². The fraction of sp³-hybridized carbons (Fsp3) is 0.391. The van der Waals surface area contributed by atoms with Crippen molar-refractivity contribution >= 4 is 23.2 Å². The number of methoxy groups -OCH3 is 1. The number of hydrogen-bond acceptors (Lipinski definition) is 5. The van der Waals surface area contributed by atoms with Crippen molar-refractivity contribution in [2.75, 3.05) is 49.7 Å². The van der Waals surface area contributed by atoms with Crippen molar-refractivity contribution in [1.82, 2.24) is 0 Å². The lowest BCUT2D eigenvalue weighted by molar-refractivity contribution is -0.915. The van der Waals surface area contributed by atoms with E-state index in [1.54, 1.807) is 31.4 Å². The van der Waals surface area contributed by atoms with E-state index in [1.165, 1.54) is 9.80 Å². The third-order valence-corrected chi connectivity index (χ3v) is 5.89. The van der Waals surface area contributed by atoms with E-state index >= 15 is 0 Å². The Morgan fingerprint density at radius 3 is 2.13 bits per heavy atom. The van der Waals surface area contributed by atoms with Crippen LogP contribution in [-0.2, 0) is 9.59 Å². The number of nitrogens with one attached hydrogen (secondary N) is 1. The van der Waals surface area contributed by atoms with Crippen LogP contribution in [0.2, 0.25) is 0 Å². The zero-order chi connectivity index (χ0) is 21.1. The monoisotopic (exact) mass is 410 g/mol. The first-order valence-corrected chi connectivity index (χ1v) is 10.4. The van der Waals surface area contributed by atoms with E-state index in [-0.39, 0.29) is 24.3 Å². The summed E-state index contributed by atoms with van der Waals surface area (Å²) in [5.41, 5.74) is 1.77. The second-order valence-corrected chi connectivity index (χ2v) is 7.59. The second-order valence-electron chi connectivity index (χ2n) is 7.59. The van der Waals surface area contributed by atoms with Crippen LogP contribution in [0, 0.1) is 0 Å². The molecule has 4 rings (SSSR count). The topological polar surface area (TPSA) is 63.5 Å². The van der Waals surface area contributed by atoms with Gasteiger partial charge in [0, 0.05) is 5.69 Å². The maximum Gasteiger partial charge on any atom is 0.292 e. The summed E-state index contributed by atoms with van der Waals surface area (Å²) in [6.07, 6.45) is 0.268. The average molecular weight is 410 g/mol. The molecule has 2 aromatic carbocycles. The van der Waals surface area contributed by atoms with Crippen molar-refractivity contribution in [1.29, 1.82) is 0 Å². The van der Waals surface area contributed by atoms with Gasteiger partial charge >= 0.3 is 0 Å². The van der Waals surface area contributed by atoms with Crippen LogP contribution in [0.3, 0.4) is 0 Å². The Hall–Kier alpha value is -3.06. The molecule has 1 atom stereocenters. The number of hydrogen-bond donors (Lipinski definition) is 1. The van der Waals surface area contributed by atoms with E-state index in [0.29, 0.717) is 12.3 Å². The maximum absolute atomic E-state index is 13.1. The van der Waals surface area contributed by atoms with Gasteiger partial charge in [0.1, 0.15) is 11.5 Å². The quantitative estimate of drug-likeness (QED) is 0.724. The Labute approximate surface area is 176 Å². The summed E-state index contributed by atoms with van der Waals surface area (Å²) in [5.74, 6) is 1.35. The molecule has 2 aliphatic heterocycles. The number of nitrogens with zero attached hydrogens (tertiary/aromatic N) is 2. The number of imide groups is 1. The Bertz CT molecular complexity index is 890. The molecule has 2 heterocycles. The molecule has 0 saturated carbocycles. The van der Waals surface area contributed by atoms with Crippen LogP contribution in [-0.4, -0.2) is 57.8 Å². The van der Waals surface area contributed by atoms with Crippen molar-refractivity contribution in [3.05, 3.63) is 48.5 Å². The smallest absolute Gasteiger partial charge is 0.292 e. The molecule has 0 aliphatic carbocycles. The second kappa shape index (κ2) is 8.75. The van der Waals surface area contributed by atoms with E-state index in [0.717, 1.165) is 43.4 Å². The number of piperazine rings is 1. The van der Waals surface area contributed by atoms with Crippen LogP contribution in [0.25, 0.3) is 0 Å². The van der Waals surface area contributed by atoms with Gasteiger partial charge in [0.15, 0.2) is 6.04 Å². The molecule has 2 aromatic rings. The first kappa shape index (κ1) is 20.2. The summed E-state index contributed by atoms with van der Waals surface area (Å²) in [5, 5.41) is 0. The minimum absolute atomic E-state index is 0.0999. The largest absolute Gasteiger partial charge is 0.497 e. The van der Waals surface area contributed by atoms with E-state index in [9.17, 15) is 9.59 Å². The SMILES string of the molecule is CCOc1ccc(N2C(=O)C[C@@H]([NH+]3CCN(c4ccc(OC)cc4)CC3)C2=O)cc1. The molecule has 1 N–H and O–H groups in total. The number of benzene rings is 2. The van der Waals surface area contributed by atoms with Gasteiger partial charge in [0.05, 0.1) is 52.0 Å². The fourth-order valence-electron chi connectivity index (χ4n) is 4.27. The number of ether oxygens (including phenoxy) is 2. The summed E-state index contributed by atoms with van der Waals surface area (Å²) in [6, 6.07) is 14.9. The van der Waals surface area contributed by atoms with Crippen LogP contribution < -0.4 is 24.2 Å². The van der Waals surface area contributed by atoms with Gasteiger partial charge in [-0.2, -0.15) is 0 Å². The summed E-state index contributed by atoms with van der Waals surface area (Å²) < 4.78 is 10.7. The summed E-state index contributed by atoms with van der Waals surface area (Å²) in [4.78, 5) is 30.5. The average Bonchev–Trinajstić information content (AvgIpc) is 3.09. The Morgan fingerprint density at radius 1 is 0.933 bits per heavy atom. The Balaban J connectivity index is 1.39. The van der Waals surface area contributed by atoms with E-state index in [2.05, 4.69) is 17.0 Å². The van der Waals surface area contributed by atoms with Crippen molar-refractivity contribution in [3.63, 3.8) is 0 Å². The van der Waals surface area contributed by atoms with Crippen LogP contribution in [0.15, 0.2) is 48.5 Å². The highest BCUT2D eigenvalue weighted by atomic mass is 16.5. The minimum atomic E-state index is -0.304. The van der Waals surface area contributed by atoms with Gasteiger partial charge in [-0.3, -0.25) is 9.59 Å². The first-order valence-electron chi connectivity index (χ1n) is 10.4. The van der Waals surface area contributed by atoms with Gasteiger partial charge in [-0.05, 0) is 55.5 Å². The molecule has 0 bridgehead atoms. The lowest BCUT2D eigenvalue weighted by Gasteiger charge is -2.35. The third-order valence-electron chi connectivity index (χ3n) is 5.89. The number of amides is 2. The van der Waals surface area contributed by atoms with Crippen LogP contribution in [0.5, 0.6) is 11.5 Å². The Kier molecular flexibility index (Phi) is 5.90. The summed E-state index contributed by atoms with van der Waals surface area (Å²) in [6.45, 7) is 5.85. The lowest BCUT2D eigenvalue weighted by Crippen LogP contribution is -3.19. The standard InChI is InChI=1S/C23H27N3O4/c1-3-30-20-10-6-18(7-11-20)26-22(27)16-21(23(26)28)25-14-12-24(13-15-25)17-4-8-19(29-2)9-5-17/h4-11,21H,3,12-16H2,1-2H3/p+1/t21-/m1/s1. The van der Waals surface area contributed by atoms with Crippen LogP contribution in [0.1, 0.15) is 13.3 Å². The van der Waals surface area contributed by atoms with Crippen molar-refractivity contribution in [3.8, 4) is 11.5 Å². The molecule has 0 unspecified atom stereocenters. The number of carbonyl (C=O) groups is 2. The zero-order valence-electron chi connectivity index (χ0n) is 17.5. The third kappa shape index (κ3) is 3.98. The zero-order valence-corrected chi connectivity index (χ0v) is 17.5. The summed E-state index contributed by atoms with van der Waals surface area (Å²) in [7, 11) is 1.66. The Morgan fingerprint density at radius 2 is 1.53 bits per heavy atom. The molecule has 0 radical (unpaired) electrons. The molecule has 30 heavy (non-hydrogen) atoms. The van der Waals surface area contributed by atoms with Crippen molar-refractivity contribution in [2.45, 2.75) is 19.4 Å². The molecule has 158 valence electrons. The molecule has 0 aromatic heterocycles. The van der Waals surface area contributed by atoms with Gasteiger partial charge in [-0.1, -0.05) is 0 Å². The van der Waals surface area contributed by atoms with Gasteiger partial charge in [0.25, 0.3) is 5.91 Å². The van der Waals surface area contributed by atoms with Crippen molar-refractivity contribution in [2.24, 2.45) is 0 Å². The molecule has 2 saturated heterocycles. The number of carbonyl (C=O) groups excluding carboxylic acids is 2. The highest BCUT2D eigenvalue weighted by Crippen LogP contribution is 2.25. The first-order chi connectivity index (χ1) is 14.6. The molecular formula is C23H28N3O4+. The van der Waals surface area contributed by atoms with Gasteiger partial charge in [-0.15, -0.1) is 0 Å². The lowest BCUT2D eigenvalue weighted by atomic mass is 10.1. The number of rotatable bonds is 6. The molecule has 0 spiro atoms. The predicted octanol–water partition coefficient (Wildman–Crippen LogP) is 1.13. The number of anilines is 2. The van der Waals surface area contributed by atoms with Gasteiger partial charge in [-0.25, -0.2) is 4.90 Å². The van der Waals surface area contributed by atoms with E-state index in [4.69, 9.17) is 9.47 Å². The molecule has 7 nitrogen and oxygen atoms in total. The highest BCUT2D eigenvalue weighted by molar-refractivity contribution is 6.21. The summed E-state index contributed by atoms with van der Waals surface area (Å²) >= 11 is 0. The van der Waals surface area contributed by atoms with Crippen molar-refractivity contribution < 1.29 is 24.0 Å². The predicted molar refractivity (Wildman–Crippen MR) is 114 cm³/mol.